The van der Waals surface area contributed by atoms with Crippen LogP contribution in [0.4, 0.5) is 17.1 Å². The predicted octanol–water partition coefficient (Wildman–Crippen LogP) is 3.79. The number of morpholine rings is 1. The van der Waals surface area contributed by atoms with E-state index in [1.165, 1.54) is 5.56 Å². The number of carbonyl (C=O) groups excluding carboxylic acids is 1. The van der Waals surface area contributed by atoms with Crippen molar-refractivity contribution in [3.05, 3.63) is 53.1 Å². The van der Waals surface area contributed by atoms with E-state index in [0.29, 0.717) is 18.2 Å². The van der Waals surface area contributed by atoms with Gasteiger partial charge >= 0.3 is 0 Å². The highest BCUT2D eigenvalue weighted by atomic mass is 35.5. The molecule has 138 valence electrons. The molecule has 0 unspecified atom stereocenters. The number of amides is 1. The Labute approximate surface area is 159 Å². The number of rotatable bonds is 6. The molecule has 0 radical (unpaired) electrons. The Morgan fingerprint density at radius 1 is 1.15 bits per heavy atom. The molecular formula is C20H24ClN3O2. The Kier molecular flexibility index (Phi) is 6.36. The zero-order valence-electron chi connectivity index (χ0n) is 14.9. The molecule has 2 N–H and O–H groups in total. The lowest BCUT2D eigenvalue weighted by molar-refractivity contribution is -0.114. The van der Waals surface area contributed by atoms with Gasteiger partial charge in [-0.15, -0.1) is 0 Å². The minimum atomic E-state index is -0.0952. The van der Waals surface area contributed by atoms with Gasteiger partial charge < -0.3 is 20.3 Å². The number of hydrogen-bond acceptors (Lipinski definition) is 4. The molecule has 1 amide bonds. The second-order valence-corrected chi connectivity index (χ2v) is 6.65. The van der Waals surface area contributed by atoms with E-state index in [0.717, 1.165) is 36.6 Å². The second-order valence-electron chi connectivity index (χ2n) is 6.21. The van der Waals surface area contributed by atoms with Crippen molar-refractivity contribution in [2.75, 3.05) is 48.4 Å². The van der Waals surface area contributed by atoms with Gasteiger partial charge in [-0.25, -0.2) is 0 Å². The average Bonchev–Trinajstić information content (AvgIpc) is 2.68. The third-order valence-corrected chi connectivity index (χ3v) is 4.63. The molecule has 1 heterocycles. The molecule has 0 atom stereocenters. The molecule has 0 aliphatic carbocycles. The van der Waals surface area contributed by atoms with Gasteiger partial charge in [0, 0.05) is 23.8 Å². The molecular weight excluding hydrogens is 350 g/mol. The molecule has 6 heteroatoms. The van der Waals surface area contributed by atoms with E-state index in [1.807, 2.05) is 42.5 Å². The van der Waals surface area contributed by atoms with Crippen molar-refractivity contribution in [1.82, 2.24) is 0 Å². The molecule has 0 spiro atoms. The monoisotopic (exact) mass is 373 g/mol. The molecule has 0 saturated carbocycles. The van der Waals surface area contributed by atoms with Crippen molar-refractivity contribution in [1.29, 1.82) is 0 Å². The number of benzene rings is 2. The van der Waals surface area contributed by atoms with Gasteiger partial charge in [-0.2, -0.15) is 0 Å². The van der Waals surface area contributed by atoms with Gasteiger partial charge in [0.05, 0.1) is 31.1 Å². The molecule has 1 aliphatic rings. The van der Waals surface area contributed by atoms with E-state index in [1.54, 1.807) is 0 Å². The van der Waals surface area contributed by atoms with Gasteiger partial charge in [-0.3, -0.25) is 4.79 Å². The van der Waals surface area contributed by atoms with Gasteiger partial charge in [-0.1, -0.05) is 30.7 Å². The molecule has 2 aromatic carbocycles. The zero-order chi connectivity index (χ0) is 18.4. The summed E-state index contributed by atoms with van der Waals surface area (Å²) in [6, 6.07) is 13.6. The molecule has 1 saturated heterocycles. The summed E-state index contributed by atoms with van der Waals surface area (Å²) in [4.78, 5) is 14.5. The Morgan fingerprint density at radius 3 is 2.58 bits per heavy atom. The Balaban J connectivity index is 1.62. The van der Waals surface area contributed by atoms with Crippen LogP contribution in [0, 0.1) is 0 Å². The molecule has 3 rings (SSSR count). The maximum atomic E-state index is 12.3. The van der Waals surface area contributed by atoms with E-state index < -0.39 is 0 Å². The number of anilines is 3. The molecule has 5 nitrogen and oxygen atoms in total. The number of halogens is 1. The Morgan fingerprint density at radius 2 is 1.88 bits per heavy atom. The van der Waals surface area contributed by atoms with Crippen LogP contribution >= 0.6 is 11.6 Å². The standard InChI is InChI=1S/C20H24ClN3O2/c1-2-15-3-6-17(7-4-15)23-20(25)14-22-18-13-16(21)5-8-19(18)24-9-11-26-12-10-24/h3-8,13,22H,2,9-12,14H2,1H3,(H,23,25). The lowest BCUT2D eigenvalue weighted by atomic mass is 10.1. The predicted molar refractivity (Wildman–Crippen MR) is 107 cm³/mol. The first-order valence-corrected chi connectivity index (χ1v) is 9.28. The molecule has 2 aromatic rings. The molecule has 26 heavy (non-hydrogen) atoms. The lowest BCUT2D eigenvalue weighted by Gasteiger charge is -2.30. The fourth-order valence-electron chi connectivity index (χ4n) is 2.93. The van der Waals surface area contributed by atoms with Gasteiger partial charge in [0.2, 0.25) is 5.91 Å². The Hall–Kier alpha value is -2.24. The summed E-state index contributed by atoms with van der Waals surface area (Å²) in [6.45, 7) is 5.34. The fourth-order valence-corrected chi connectivity index (χ4v) is 3.11. The summed E-state index contributed by atoms with van der Waals surface area (Å²) in [7, 11) is 0. The number of hydrogen-bond donors (Lipinski definition) is 2. The van der Waals surface area contributed by atoms with Crippen molar-refractivity contribution in [3.63, 3.8) is 0 Å². The van der Waals surface area contributed by atoms with E-state index in [4.69, 9.17) is 16.3 Å². The largest absolute Gasteiger partial charge is 0.378 e. The number of aryl methyl sites for hydroxylation is 1. The van der Waals surface area contributed by atoms with Crippen LogP contribution in [0.2, 0.25) is 5.02 Å². The lowest BCUT2D eigenvalue weighted by Crippen LogP contribution is -2.36. The van der Waals surface area contributed by atoms with Crippen LogP contribution in [0.1, 0.15) is 12.5 Å². The number of nitrogens with one attached hydrogen (secondary N) is 2. The first-order chi connectivity index (χ1) is 12.7. The average molecular weight is 374 g/mol. The van der Waals surface area contributed by atoms with E-state index in [2.05, 4.69) is 22.5 Å². The number of nitrogens with zero attached hydrogens (tertiary/aromatic N) is 1. The van der Waals surface area contributed by atoms with Crippen molar-refractivity contribution >= 4 is 34.6 Å². The van der Waals surface area contributed by atoms with Crippen LogP contribution in [0.5, 0.6) is 0 Å². The topological polar surface area (TPSA) is 53.6 Å². The summed E-state index contributed by atoms with van der Waals surface area (Å²) in [6.07, 6.45) is 0.981. The maximum absolute atomic E-state index is 12.3. The first-order valence-electron chi connectivity index (χ1n) is 8.90. The Bertz CT molecular complexity index is 743. The van der Waals surface area contributed by atoms with Gasteiger partial charge in [-0.05, 0) is 42.3 Å². The van der Waals surface area contributed by atoms with E-state index >= 15 is 0 Å². The molecule has 0 bridgehead atoms. The van der Waals surface area contributed by atoms with Crippen LogP contribution in [-0.2, 0) is 16.0 Å². The highest BCUT2D eigenvalue weighted by molar-refractivity contribution is 6.31. The summed E-state index contributed by atoms with van der Waals surface area (Å²) < 4.78 is 5.41. The zero-order valence-corrected chi connectivity index (χ0v) is 15.7. The third-order valence-electron chi connectivity index (χ3n) is 4.40. The summed E-state index contributed by atoms with van der Waals surface area (Å²) in [5.74, 6) is -0.0952. The van der Waals surface area contributed by atoms with Crippen molar-refractivity contribution in [2.45, 2.75) is 13.3 Å². The quantitative estimate of drug-likeness (QED) is 0.808. The highest BCUT2D eigenvalue weighted by Gasteiger charge is 2.15. The molecule has 1 aliphatic heterocycles. The van der Waals surface area contributed by atoms with Crippen LogP contribution in [0.25, 0.3) is 0 Å². The maximum Gasteiger partial charge on any atom is 0.243 e. The summed E-state index contributed by atoms with van der Waals surface area (Å²) in [5, 5.41) is 6.76. The number of carbonyl (C=O) groups is 1. The molecule has 1 fully saturated rings. The minimum Gasteiger partial charge on any atom is -0.378 e. The van der Waals surface area contributed by atoms with Gasteiger partial charge in [0.15, 0.2) is 0 Å². The van der Waals surface area contributed by atoms with Crippen LogP contribution in [0.3, 0.4) is 0 Å². The summed E-state index contributed by atoms with van der Waals surface area (Å²) >= 11 is 6.15. The first kappa shape index (κ1) is 18.5. The highest BCUT2D eigenvalue weighted by Crippen LogP contribution is 2.29. The van der Waals surface area contributed by atoms with Crippen LogP contribution < -0.4 is 15.5 Å². The van der Waals surface area contributed by atoms with Crippen molar-refractivity contribution in [2.24, 2.45) is 0 Å². The third kappa shape index (κ3) is 4.90. The smallest absolute Gasteiger partial charge is 0.243 e. The minimum absolute atomic E-state index is 0.0952. The number of ether oxygens (including phenoxy) is 1. The SMILES string of the molecule is CCc1ccc(NC(=O)CNc2cc(Cl)ccc2N2CCOCC2)cc1. The van der Waals surface area contributed by atoms with Crippen LogP contribution in [-0.4, -0.2) is 38.8 Å². The van der Waals surface area contributed by atoms with E-state index in [9.17, 15) is 4.79 Å². The van der Waals surface area contributed by atoms with Gasteiger partial charge in [0.25, 0.3) is 0 Å². The molecule has 0 aromatic heterocycles. The van der Waals surface area contributed by atoms with Crippen LogP contribution in [0.15, 0.2) is 42.5 Å². The van der Waals surface area contributed by atoms with Crippen molar-refractivity contribution in [3.8, 4) is 0 Å². The normalized spacial score (nSPS) is 14.2. The van der Waals surface area contributed by atoms with E-state index in [-0.39, 0.29) is 12.5 Å². The van der Waals surface area contributed by atoms with Gasteiger partial charge in [0.1, 0.15) is 0 Å². The fraction of sp³-hybridized carbons (Fsp3) is 0.350. The second kappa shape index (κ2) is 8.92. The summed E-state index contributed by atoms with van der Waals surface area (Å²) in [5.41, 5.74) is 3.94. The van der Waals surface area contributed by atoms with Crippen molar-refractivity contribution < 1.29 is 9.53 Å².